The van der Waals surface area contributed by atoms with Crippen LogP contribution in [0, 0.1) is 0 Å². The number of hydrogen-bond acceptors (Lipinski definition) is 6. The summed E-state index contributed by atoms with van der Waals surface area (Å²) in [6, 6.07) is 9.98. The fourth-order valence-corrected chi connectivity index (χ4v) is 5.37. The number of carbonyl (C=O) groups is 1. The van der Waals surface area contributed by atoms with Gasteiger partial charge in [-0.2, -0.15) is 4.31 Å². The molecule has 0 aliphatic carbocycles. The fourth-order valence-electron chi connectivity index (χ4n) is 3.83. The molecule has 8 nitrogen and oxygen atoms in total. The Bertz CT molecular complexity index is 1140. The van der Waals surface area contributed by atoms with Gasteiger partial charge in [0.15, 0.2) is 11.5 Å². The van der Waals surface area contributed by atoms with Crippen molar-refractivity contribution in [2.45, 2.75) is 30.6 Å². The fraction of sp³-hybridized carbons (Fsp3) is 0.375. The third kappa shape index (κ3) is 5.48. The summed E-state index contributed by atoms with van der Waals surface area (Å²) in [6.45, 7) is 2.21. The van der Waals surface area contributed by atoms with E-state index in [0.29, 0.717) is 49.2 Å². The average molecular weight is 473 g/mol. The van der Waals surface area contributed by atoms with Crippen LogP contribution in [0.2, 0.25) is 0 Å². The number of sulfonamides is 1. The predicted molar refractivity (Wildman–Crippen MR) is 125 cm³/mol. The zero-order valence-corrected chi connectivity index (χ0v) is 19.4. The van der Waals surface area contributed by atoms with Gasteiger partial charge < -0.3 is 19.5 Å². The normalized spacial score (nSPS) is 16.9. The standard InChI is InChI=1S/C24H28N2O6S/c1-30-21-10-8-19(33(28,29)26-12-3-2-4-13-26)17-20(21)25-24(27)11-7-18-6-9-22-23(16-18)32-15-5-14-31-22/h6-11,16-17H,2-5,12-15H2,1H3,(H,25,27)/b11-7+. The number of ether oxygens (including phenoxy) is 3. The number of methoxy groups -OCH3 is 1. The van der Waals surface area contributed by atoms with Crippen molar-refractivity contribution in [3.05, 3.63) is 48.0 Å². The molecule has 2 aromatic rings. The average Bonchev–Trinajstić information content (AvgIpc) is 3.08. The second kappa shape index (κ2) is 10.3. The zero-order chi connectivity index (χ0) is 23.3. The Morgan fingerprint density at radius 2 is 1.76 bits per heavy atom. The third-order valence-corrected chi connectivity index (χ3v) is 7.47. The lowest BCUT2D eigenvalue weighted by atomic mass is 10.2. The van der Waals surface area contributed by atoms with Crippen LogP contribution in [0.15, 0.2) is 47.4 Å². The lowest BCUT2D eigenvalue weighted by Gasteiger charge is -2.26. The number of carbonyl (C=O) groups excluding carboxylic acids is 1. The first-order valence-electron chi connectivity index (χ1n) is 11.0. The van der Waals surface area contributed by atoms with Gasteiger partial charge in [0.2, 0.25) is 15.9 Å². The highest BCUT2D eigenvalue weighted by atomic mass is 32.2. The topological polar surface area (TPSA) is 94.2 Å². The number of amides is 1. The number of benzene rings is 2. The van der Waals surface area contributed by atoms with E-state index in [4.69, 9.17) is 14.2 Å². The van der Waals surface area contributed by atoms with E-state index in [2.05, 4.69) is 5.32 Å². The van der Waals surface area contributed by atoms with Gasteiger partial charge in [-0.1, -0.05) is 12.5 Å². The predicted octanol–water partition coefficient (Wildman–Crippen LogP) is 3.68. The molecule has 2 heterocycles. The van der Waals surface area contributed by atoms with Crippen LogP contribution in [0.1, 0.15) is 31.2 Å². The van der Waals surface area contributed by atoms with Crippen molar-refractivity contribution < 1.29 is 27.4 Å². The Hall–Kier alpha value is -3.04. The largest absolute Gasteiger partial charge is 0.495 e. The number of nitrogens with one attached hydrogen (secondary N) is 1. The van der Waals surface area contributed by atoms with Crippen molar-refractivity contribution in [1.82, 2.24) is 4.31 Å². The third-order valence-electron chi connectivity index (χ3n) is 5.58. The van der Waals surface area contributed by atoms with Crippen molar-refractivity contribution in [2.75, 3.05) is 38.7 Å². The first-order chi connectivity index (χ1) is 16.0. The van der Waals surface area contributed by atoms with Gasteiger partial charge in [-0.25, -0.2) is 8.42 Å². The summed E-state index contributed by atoms with van der Waals surface area (Å²) in [5, 5.41) is 2.73. The Kier molecular flexibility index (Phi) is 7.20. The Balaban J connectivity index is 1.50. The molecule has 1 fully saturated rings. The van der Waals surface area contributed by atoms with Crippen molar-refractivity contribution in [3.63, 3.8) is 0 Å². The number of fused-ring (bicyclic) bond motifs is 1. The molecule has 0 saturated carbocycles. The number of nitrogens with zero attached hydrogens (tertiary/aromatic N) is 1. The zero-order valence-electron chi connectivity index (χ0n) is 18.6. The molecule has 4 rings (SSSR count). The molecule has 2 aromatic carbocycles. The summed E-state index contributed by atoms with van der Waals surface area (Å²) in [7, 11) is -2.16. The van der Waals surface area contributed by atoms with E-state index in [9.17, 15) is 13.2 Å². The van der Waals surface area contributed by atoms with Gasteiger partial charge >= 0.3 is 0 Å². The first kappa shape index (κ1) is 23.1. The second-order valence-electron chi connectivity index (χ2n) is 7.91. The van der Waals surface area contributed by atoms with E-state index in [1.807, 2.05) is 18.2 Å². The molecular weight excluding hydrogens is 444 g/mol. The summed E-state index contributed by atoms with van der Waals surface area (Å²) >= 11 is 0. The van der Waals surface area contributed by atoms with Gasteiger partial charge in [0.25, 0.3) is 0 Å². The Labute approximate surface area is 194 Å². The van der Waals surface area contributed by atoms with E-state index >= 15 is 0 Å². The van der Waals surface area contributed by atoms with Crippen LogP contribution in [-0.4, -0.2) is 52.0 Å². The highest BCUT2D eigenvalue weighted by Gasteiger charge is 2.26. The second-order valence-corrected chi connectivity index (χ2v) is 9.84. The van der Waals surface area contributed by atoms with Crippen molar-refractivity contribution >= 4 is 27.7 Å². The lowest BCUT2D eigenvalue weighted by Crippen LogP contribution is -2.35. The maximum absolute atomic E-state index is 13.0. The molecule has 0 atom stereocenters. The SMILES string of the molecule is COc1ccc(S(=O)(=O)N2CCCCC2)cc1NC(=O)/C=C/c1ccc2c(c1)OCCCO2. The summed E-state index contributed by atoms with van der Waals surface area (Å²) in [5.41, 5.74) is 1.08. The molecule has 9 heteroatoms. The van der Waals surface area contributed by atoms with E-state index in [-0.39, 0.29) is 4.90 Å². The van der Waals surface area contributed by atoms with Gasteiger partial charge in [0, 0.05) is 25.6 Å². The molecule has 0 radical (unpaired) electrons. The molecule has 1 amide bonds. The summed E-state index contributed by atoms with van der Waals surface area (Å²) in [4.78, 5) is 12.7. The van der Waals surface area contributed by atoms with Crippen LogP contribution in [0.3, 0.4) is 0 Å². The monoisotopic (exact) mass is 472 g/mol. The molecule has 33 heavy (non-hydrogen) atoms. The van der Waals surface area contributed by atoms with Gasteiger partial charge in [0.1, 0.15) is 5.75 Å². The van der Waals surface area contributed by atoms with Gasteiger partial charge in [-0.05, 0) is 54.8 Å². The molecule has 176 valence electrons. The van der Waals surface area contributed by atoms with Crippen molar-refractivity contribution in [3.8, 4) is 17.2 Å². The first-order valence-corrected chi connectivity index (χ1v) is 12.5. The van der Waals surface area contributed by atoms with E-state index < -0.39 is 15.9 Å². The number of hydrogen-bond donors (Lipinski definition) is 1. The maximum atomic E-state index is 13.0. The Morgan fingerprint density at radius 3 is 2.52 bits per heavy atom. The van der Waals surface area contributed by atoms with Crippen molar-refractivity contribution in [2.24, 2.45) is 0 Å². The van der Waals surface area contributed by atoms with Crippen LogP contribution in [-0.2, 0) is 14.8 Å². The minimum Gasteiger partial charge on any atom is -0.495 e. The van der Waals surface area contributed by atoms with E-state index in [0.717, 1.165) is 31.2 Å². The minimum absolute atomic E-state index is 0.132. The van der Waals surface area contributed by atoms with Crippen molar-refractivity contribution in [1.29, 1.82) is 0 Å². The van der Waals surface area contributed by atoms with Crippen LogP contribution < -0.4 is 19.5 Å². The molecule has 0 spiro atoms. The molecule has 0 aromatic heterocycles. The molecule has 1 N–H and O–H groups in total. The van der Waals surface area contributed by atoms with E-state index in [1.54, 1.807) is 12.1 Å². The quantitative estimate of drug-likeness (QED) is 0.645. The van der Waals surface area contributed by atoms with Gasteiger partial charge in [-0.15, -0.1) is 0 Å². The summed E-state index contributed by atoms with van der Waals surface area (Å²) in [6.07, 6.45) is 6.59. The molecule has 2 aliphatic heterocycles. The van der Waals surface area contributed by atoms with E-state index in [1.165, 1.54) is 29.6 Å². The molecule has 0 unspecified atom stereocenters. The minimum atomic E-state index is -3.63. The number of piperidine rings is 1. The van der Waals surface area contributed by atoms with Crippen LogP contribution in [0.4, 0.5) is 5.69 Å². The van der Waals surface area contributed by atoms with Gasteiger partial charge in [-0.3, -0.25) is 4.79 Å². The smallest absolute Gasteiger partial charge is 0.248 e. The molecule has 1 saturated heterocycles. The lowest BCUT2D eigenvalue weighted by molar-refractivity contribution is -0.111. The highest BCUT2D eigenvalue weighted by molar-refractivity contribution is 7.89. The number of anilines is 1. The van der Waals surface area contributed by atoms with Crippen LogP contribution in [0.25, 0.3) is 6.08 Å². The number of rotatable bonds is 6. The summed E-state index contributed by atoms with van der Waals surface area (Å²) in [5.74, 6) is 1.30. The van der Waals surface area contributed by atoms with Gasteiger partial charge in [0.05, 0.1) is 30.9 Å². The Morgan fingerprint density at radius 1 is 1.00 bits per heavy atom. The highest BCUT2D eigenvalue weighted by Crippen LogP contribution is 2.32. The maximum Gasteiger partial charge on any atom is 0.248 e. The molecule has 2 aliphatic rings. The van der Waals surface area contributed by atoms with Crippen LogP contribution >= 0.6 is 0 Å². The van der Waals surface area contributed by atoms with Crippen LogP contribution in [0.5, 0.6) is 17.2 Å². The summed E-state index contributed by atoms with van der Waals surface area (Å²) < 4.78 is 44.1. The molecular formula is C24H28N2O6S. The molecule has 0 bridgehead atoms.